The minimum atomic E-state index is -0.312. The summed E-state index contributed by atoms with van der Waals surface area (Å²) in [6, 6.07) is 3.44. The monoisotopic (exact) mass is 305 g/mol. The van der Waals surface area contributed by atoms with Crippen LogP contribution in [-0.4, -0.2) is 41.9 Å². The summed E-state index contributed by atoms with van der Waals surface area (Å²) in [5, 5.41) is 4.90. The number of nitrogens with one attached hydrogen (secondary N) is 1. The Morgan fingerprint density at radius 1 is 1.43 bits per heavy atom. The molecule has 112 valence electrons. The molecular weight excluding hydrogens is 286 g/mol. The Labute approximate surface area is 128 Å². The van der Waals surface area contributed by atoms with E-state index in [1.54, 1.807) is 23.3 Å². The molecule has 2 aliphatic heterocycles. The molecule has 5 nitrogen and oxygen atoms in total. The van der Waals surface area contributed by atoms with Gasteiger partial charge >= 0.3 is 6.03 Å². The number of likely N-dealkylation sites (N-methyl/N-ethyl adjacent to an activating group) is 1. The highest BCUT2D eigenvalue weighted by molar-refractivity contribution is 7.10. The first-order valence-electron chi connectivity index (χ1n) is 7.09. The number of rotatable bonds is 3. The fourth-order valence-corrected chi connectivity index (χ4v) is 3.66. The topological polar surface area (TPSA) is 52.7 Å². The second-order valence-corrected chi connectivity index (χ2v) is 6.88. The summed E-state index contributed by atoms with van der Waals surface area (Å²) in [7, 11) is 1.72. The molecule has 0 aromatic carbocycles. The Hall–Kier alpha value is -1.82. The van der Waals surface area contributed by atoms with Gasteiger partial charge in [-0.2, -0.15) is 0 Å². The van der Waals surface area contributed by atoms with E-state index in [2.05, 4.69) is 19.2 Å². The highest BCUT2D eigenvalue weighted by Crippen LogP contribution is 2.37. The fourth-order valence-electron chi connectivity index (χ4n) is 2.88. The van der Waals surface area contributed by atoms with Crippen LogP contribution in [-0.2, 0) is 4.79 Å². The minimum Gasteiger partial charge on any atom is -0.333 e. The molecule has 1 atom stereocenters. The van der Waals surface area contributed by atoms with Gasteiger partial charge in [-0.15, -0.1) is 11.3 Å². The molecule has 6 heteroatoms. The number of thiophene rings is 1. The van der Waals surface area contributed by atoms with Crippen LogP contribution in [0.2, 0.25) is 0 Å². The predicted octanol–water partition coefficient (Wildman–Crippen LogP) is 2.20. The van der Waals surface area contributed by atoms with Gasteiger partial charge in [0.25, 0.3) is 5.91 Å². The van der Waals surface area contributed by atoms with Gasteiger partial charge in [-0.1, -0.05) is 19.9 Å². The summed E-state index contributed by atoms with van der Waals surface area (Å²) >= 11 is 1.56. The molecule has 0 radical (unpaired) electrons. The van der Waals surface area contributed by atoms with E-state index in [4.69, 9.17) is 0 Å². The molecule has 0 spiro atoms. The largest absolute Gasteiger partial charge is 0.333 e. The van der Waals surface area contributed by atoms with E-state index in [9.17, 15) is 9.59 Å². The van der Waals surface area contributed by atoms with Gasteiger partial charge in [-0.3, -0.25) is 9.69 Å². The SMILES string of the molecule is CC(C)CN1CC2=C(C1=O)C(c1cccs1)NC(=O)N2C. The lowest BCUT2D eigenvalue weighted by atomic mass is 10.0. The van der Waals surface area contributed by atoms with Gasteiger partial charge in [0.05, 0.1) is 23.9 Å². The molecule has 1 aromatic heterocycles. The zero-order valence-corrected chi connectivity index (χ0v) is 13.2. The maximum Gasteiger partial charge on any atom is 0.322 e. The van der Waals surface area contributed by atoms with E-state index in [1.165, 1.54) is 0 Å². The van der Waals surface area contributed by atoms with Crippen molar-refractivity contribution in [3.63, 3.8) is 0 Å². The Bertz CT molecular complexity index is 606. The molecule has 0 saturated heterocycles. The van der Waals surface area contributed by atoms with Crippen LogP contribution in [0.3, 0.4) is 0 Å². The van der Waals surface area contributed by atoms with Crippen molar-refractivity contribution in [1.29, 1.82) is 0 Å². The van der Waals surface area contributed by atoms with E-state index in [1.807, 2.05) is 22.4 Å². The van der Waals surface area contributed by atoms with Crippen molar-refractivity contribution in [2.45, 2.75) is 19.9 Å². The third-order valence-electron chi connectivity index (χ3n) is 3.85. The fraction of sp³-hybridized carbons (Fsp3) is 0.467. The molecular formula is C15H19N3O2S. The average molecular weight is 305 g/mol. The van der Waals surface area contributed by atoms with Gasteiger partial charge in [-0.05, 0) is 17.4 Å². The van der Waals surface area contributed by atoms with Crippen molar-refractivity contribution in [3.05, 3.63) is 33.7 Å². The Morgan fingerprint density at radius 3 is 2.81 bits per heavy atom. The Morgan fingerprint density at radius 2 is 2.19 bits per heavy atom. The first-order valence-corrected chi connectivity index (χ1v) is 7.97. The lowest BCUT2D eigenvalue weighted by Gasteiger charge is -2.30. The van der Waals surface area contributed by atoms with Crippen LogP contribution < -0.4 is 5.32 Å². The van der Waals surface area contributed by atoms with Gasteiger partial charge in [0.1, 0.15) is 0 Å². The smallest absolute Gasteiger partial charge is 0.322 e. The standard InChI is InChI=1S/C15H19N3O2S/c1-9(2)7-18-8-10-12(14(18)19)13(11-5-4-6-21-11)16-15(20)17(10)3/h4-6,9,13H,7-8H2,1-3H3,(H,16,20). The highest BCUT2D eigenvalue weighted by atomic mass is 32.1. The summed E-state index contributed by atoms with van der Waals surface area (Å²) in [6.45, 7) is 5.42. The van der Waals surface area contributed by atoms with E-state index in [0.717, 1.165) is 16.1 Å². The molecule has 0 bridgehead atoms. The summed E-state index contributed by atoms with van der Waals surface area (Å²) in [4.78, 5) is 29.3. The van der Waals surface area contributed by atoms with E-state index in [-0.39, 0.29) is 18.0 Å². The highest BCUT2D eigenvalue weighted by Gasteiger charge is 2.43. The van der Waals surface area contributed by atoms with Crippen molar-refractivity contribution in [2.75, 3.05) is 20.1 Å². The molecule has 0 aliphatic carbocycles. The molecule has 3 rings (SSSR count). The zero-order chi connectivity index (χ0) is 15.1. The molecule has 3 heterocycles. The molecule has 0 saturated carbocycles. The van der Waals surface area contributed by atoms with Crippen molar-refractivity contribution < 1.29 is 9.59 Å². The van der Waals surface area contributed by atoms with Crippen LogP contribution in [0, 0.1) is 5.92 Å². The summed E-state index contributed by atoms with van der Waals surface area (Å²) in [5.74, 6) is 0.452. The normalized spacial score (nSPS) is 22.2. The average Bonchev–Trinajstić information content (AvgIpc) is 3.04. The molecule has 1 N–H and O–H groups in total. The maximum atomic E-state index is 12.7. The van der Waals surface area contributed by atoms with Crippen LogP contribution >= 0.6 is 11.3 Å². The first kappa shape index (κ1) is 14.1. The van der Waals surface area contributed by atoms with Gasteiger partial charge in [0.15, 0.2) is 0 Å². The lowest BCUT2D eigenvalue weighted by Crippen LogP contribution is -2.45. The van der Waals surface area contributed by atoms with Crippen LogP contribution in [0.4, 0.5) is 4.79 Å². The number of nitrogens with zero attached hydrogens (tertiary/aromatic N) is 2. The molecule has 3 amide bonds. The predicted molar refractivity (Wildman–Crippen MR) is 81.8 cm³/mol. The first-order chi connectivity index (χ1) is 9.99. The number of hydrogen-bond acceptors (Lipinski definition) is 3. The van der Waals surface area contributed by atoms with E-state index >= 15 is 0 Å². The van der Waals surface area contributed by atoms with Gasteiger partial charge in [0, 0.05) is 18.5 Å². The zero-order valence-electron chi connectivity index (χ0n) is 12.4. The van der Waals surface area contributed by atoms with Crippen LogP contribution in [0.15, 0.2) is 28.8 Å². The molecule has 1 unspecified atom stereocenters. The molecule has 21 heavy (non-hydrogen) atoms. The molecule has 2 aliphatic rings. The molecule has 0 fully saturated rings. The second kappa shape index (κ2) is 5.18. The Balaban J connectivity index is 1.98. The van der Waals surface area contributed by atoms with Crippen molar-refractivity contribution in [1.82, 2.24) is 15.1 Å². The second-order valence-electron chi connectivity index (χ2n) is 5.90. The number of hydrogen-bond donors (Lipinski definition) is 1. The lowest BCUT2D eigenvalue weighted by molar-refractivity contribution is -0.126. The van der Waals surface area contributed by atoms with Gasteiger partial charge in [-0.25, -0.2) is 4.79 Å². The summed E-state index contributed by atoms with van der Waals surface area (Å²) < 4.78 is 0. The van der Waals surface area contributed by atoms with E-state index in [0.29, 0.717) is 19.0 Å². The van der Waals surface area contributed by atoms with Gasteiger partial charge < -0.3 is 10.2 Å². The van der Waals surface area contributed by atoms with Gasteiger partial charge in [0.2, 0.25) is 0 Å². The third kappa shape index (κ3) is 2.33. The minimum absolute atomic E-state index is 0.0453. The quantitative estimate of drug-likeness (QED) is 0.931. The summed E-state index contributed by atoms with van der Waals surface area (Å²) in [6.07, 6.45) is 0. The van der Waals surface area contributed by atoms with Crippen molar-refractivity contribution in [2.24, 2.45) is 5.92 Å². The third-order valence-corrected chi connectivity index (χ3v) is 4.79. The van der Waals surface area contributed by atoms with Crippen LogP contribution in [0.5, 0.6) is 0 Å². The van der Waals surface area contributed by atoms with Crippen LogP contribution in [0.1, 0.15) is 24.8 Å². The number of carbonyl (C=O) groups is 2. The molecule has 1 aromatic rings. The maximum absolute atomic E-state index is 12.7. The number of carbonyl (C=O) groups excluding carboxylic acids is 2. The Kier molecular flexibility index (Phi) is 3.49. The summed E-state index contributed by atoms with van der Waals surface area (Å²) in [5.41, 5.74) is 1.56. The number of amides is 3. The van der Waals surface area contributed by atoms with Crippen molar-refractivity contribution in [3.8, 4) is 0 Å². The van der Waals surface area contributed by atoms with E-state index < -0.39 is 0 Å². The van der Waals surface area contributed by atoms with Crippen molar-refractivity contribution >= 4 is 23.3 Å². The number of urea groups is 1. The van der Waals surface area contributed by atoms with Crippen LogP contribution in [0.25, 0.3) is 0 Å².